The van der Waals surface area contributed by atoms with E-state index in [-0.39, 0.29) is 6.04 Å². The molecule has 0 bridgehead atoms. The van der Waals surface area contributed by atoms with Crippen LogP contribution in [-0.4, -0.2) is 7.05 Å². The summed E-state index contributed by atoms with van der Waals surface area (Å²) in [5.74, 6) is 0. The zero-order valence-corrected chi connectivity index (χ0v) is 16.2. The Balaban J connectivity index is 2.45. The van der Waals surface area contributed by atoms with Crippen LogP contribution in [0.2, 0.25) is 5.02 Å². The normalized spacial score (nSPS) is 12.7. The Labute approximate surface area is 146 Å². The second-order valence-corrected chi connectivity index (χ2v) is 8.99. The molecule has 0 amide bonds. The molecular formula is C12H9Br2ClINS. The van der Waals surface area contributed by atoms with Crippen LogP contribution in [0.1, 0.15) is 17.2 Å². The van der Waals surface area contributed by atoms with E-state index in [9.17, 15) is 0 Å². The molecule has 0 spiro atoms. The SMILES string of the molecule is CNC(c1ccc(I)c(Cl)c1)c1cc(Br)sc1Br. The Kier molecular flexibility index (Phi) is 5.54. The lowest BCUT2D eigenvalue weighted by Gasteiger charge is -2.17. The van der Waals surface area contributed by atoms with Crippen molar-refractivity contribution in [2.45, 2.75) is 6.04 Å². The fourth-order valence-corrected chi connectivity index (χ4v) is 5.17. The number of nitrogens with one attached hydrogen (secondary N) is 1. The average Bonchev–Trinajstić information content (AvgIpc) is 2.64. The summed E-state index contributed by atoms with van der Waals surface area (Å²) in [5.41, 5.74) is 2.38. The smallest absolute Gasteiger partial charge is 0.0761 e. The molecule has 18 heavy (non-hydrogen) atoms. The quantitative estimate of drug-likeness (QED) is 0.501. The predicted molar refractivity (Wildman–Crippen MR) is 94.8 cm³/mol. The first-order valence-electron chi connectivity index (χ1n) is 5.10. The van der Waals surface area contributed by atoms with Crippen molar-refractivity contribution >= 4 is 77.4 Å². The molecule has 96 valence electrons. The van der Waals surface area contributed by atoms with E-state index in [1.54, 1.807) is 11.3 Å². The zero-order chi connectivity index (χ0) is 13.3. The van der Waals surface area contributed by atoms with Crippen molar-refractivity contribution in [3.63, 3.8) is 0 Å². The molecule has 0 saturated heterocycles. The van der Waals surface area contributed by atoms with Crippen LogP contribution in [0.4, 0.5) is 0 Å². The number of rotatable bonds is 3. The molecule has 0 aliphatic heterocycles. The average molecular weight is 521 g/mol. The highest BCUT2D eigenvalue weighted by Gasteiger charge is 2.18. The fourth-order valence-electron chi connectivity index (χ4n) is 1.74. The molecule has 0 fully saturated rings. The minimum atomic E-state index is 0.136. The molecule has 1 N–H and O–H groups in total. The first-order valence-corrected chi connectivity index (χ1v) is 8.95. The van der Waals surface area contributed by atoms with E-state index in [0.29, 0.717) is 0 Å². The van der Waals surface area contributed by atoms with Crippen molar-refractivity contribution in [1.29, 1.82) is 0 Å². The van der Waals surface area contributed by atoms with Gasteiger partial charge in [0.25, 0.3) is 0 Å². The van der Waals surface area contributed by atoms with Gasteiger partial charge in [0, 0.05) is 3.57 Å². The summed E-state index contributed by atoms with van der Waals surface area (Å²) in [6, 6.07) is 8.42. The summed E-state index contributed by atoms with van der Waals surface area (Å²) in [7, 11) is 1.95. The summed E-state index contributed by atoms with van der Waals surface area (Å²) < 4.78 is 3.31. The third kappa shape index (κ3) is 3.30. The molecule has 2 aromatic rings. The minimum absolute atomic E-state index is 0.136. The van der Waals surface area contributed by atoms with Gasteiger partial charge in [0.2, 0.25) is 0 Å². The van der Waals surface area contributed by atoms with E-state index in [2.05, 4.69) is 71.9 Å². The molecule has 1 aromatic heterocycles. The van der Waals surface area contributed by atoms with Crippen LogP contribution in [0.5, 0.6) is 0 Å². The monoisotopic (exact) mass is 519 g/mol. The molecule has 1 unspecified atom stereocenters. The van der Waals surface area contributed by atoms with Crippen LogP contribution in [0.25, 0.3) is 0 Å². The molecule has 1 atom stereocenters. The van der Waals surface area contributed by atoms with Gasteiger partial charge in [-0.2, -0.15) is 0 Å². The Morgan fingerprint density at radius 1 is 1.33 bits per heavy atom. The Morgan fingerprint density at radius 2 is 2.06 bits per heavy atom. The van der Waals surface area contributed by atoms with Gasteiger partial charge in [-0.1, -0.05) is 17.7 Å². The molecule has 6 heteroatoms. The van der Waals surface area contributed by atoms with Crippen molar-refractivity contribution in [2.75, 3.05) is 7.05 Å². The van der Waals surface area contributed by atoms with Crippen molar-refractivity contribution in [3.8, 4) is 0 Å². The maximum absolute atomic E-state index is 6.19. The number of hydrogen-bond donors (Lipinski definition) is 1. The van der Waals surface area contributed by atoms with Crippen LogP contribution in [0, 0.1) is 3.57 Å². The van der Waals surface area contributed by atoms with E-state index in [0.717, 1.165) is 21.7 Å². The number of hydrogen-bond acceptors (Lipinski definition) is 2. The van der Waals surface area contributed by atoms with Gasteiger partial charge in [0.1, 0.15) is 0 Å². The molecule has 2 rings (SSSR count). The van der Waals surface area contributed by atoms with Crippen LogP contribution in [0.3, 0.4) is 0 Å². The molecule has 1 nitrogen and oxygen atoms in total. The fraction of sp³-hybridized carbons (Fsp3) is 0.167. The number of benzene rings is 1. The highest BCUT2D eigenvalue weighted by Crippen LogP contribution is 2.38. The topological polar surface area (TPSA) is 12.0 Å². The second kappa shape index (κ2) is 6.54. The summed E-state index contributed by atoms with van der Waals surface area (Å²) in [4.78, 5) is 0. The van der Waals surface area contributed by atoms with Gasteiger partial charge in [-0.25, -0.2) is 0 Å². The van der Waals surface area contributed by atoms with Crippen molar-refractivity contribution < 1.29 is 0 Å². The van der Waals surface area contributed by atoms with Gasteiger partial charge in [-0.05, 0) is 90.8 Å². The van der Waals surface area contributed by atoms with Crippen LogP contribution < -0.4 is 5.32 Å². The van der Waals surface area contributed by atoms with Crippen LogP contribution in [-0.2, 0) is 0 Å². The van der Waals surface area contributed by atoms with E-state index < -0.39 is 0 Å². The maximum atomic E-state index is 6.19. The van der Waals surface area contributed by atoms with Crippen molar-refractivity contribution in [1.82, 2.24) is 5.32 Å². The second-order valence-electron chi connectivity index (χ2n) is 3.67. The Morgan fingerprint density at radius 3 is 2.56 bits per heavy atom. The lowest BCUT2D eigenvalue weighted by molar-refractivity contribution is 0.692. The van der Waals surface area contributed by atoms with E-state index in [1.165, 1.54) is 5.56 Å². The highest BCUT2D eigenvalue weighted by atomic mass is 127. The van der Waals surface area contributed by atoms with Gasteiger partial charge in [0.15, 0.2) is 0 Å². The lowest BCUT2D eigenvalue weighted by atomic mass is 10.0. The summed E-state index contributed by atoms with van der Waals surface area (Å²) >= 11 is 17.2. The molecule has 0 aliphatic carbocycles. The number of thiophene rings is 1. The highest BCUT2D eigenvalue weighted by molar-refractivity contribution is 14.1. The standard InChI is InChI=1S/C12H9Br2ClINS/c1-17-11(7-5-10(13)18-12(7)14)6-2-3-9(16)8(15)4-6/h2-5,11,17H,1H3. The maximum Gasteiger partial charge on any atom is 0.0761 e. The first-order chi connectivity index (χ1) is 8.52. The van der Waals surface area contributed by atoms with Gasteiger partial charge < -0.3 is 5.32 Å². The third-order valence-electron chi connectivity index (χ3n) is 2.56. The zero-order valence-electron chi connectivity index (χ0n) is 9.31. The van der Waals surface area contributed by atoms with E-state index >= 15 is 0 Å². The minimum Gasteiger partial charge on any atom is -0.309 e. The Hall–Kier alpha value is 0.860. The molecule has 0 saturated carbocycles. The summed E-state index contributed by atoms with van der Waals surface area (Å²) in [5, 5.41) is 4.12. The molecule has 0 radical (unpaired) electrons. The molecule has 1 aromatic carbocycles. The number of halogens is 4. The van der Waals surface area contributed by atoms with E-state index in [4.69, 9.17) is 11.6 Å². The molecule has 0 aliphatic rings. The summed E-state index contributed by atoms with van der Waals surface area (Å²) in [6.45, 7) is 0. The van der Waals surface area contributed by atoms with E-state index in [1.807, 2.05) is 19.2 Å². The van der Waals surface area contributed by atoms with Gasteiger partial charge in [-0.3, -0.25) is 0 Å². The predicted octanol–water partition coefficient (Wildman–Crippen LogP) is 5.84. The third-order valence-corrected chi connectivity index (χ3v) is 6.52. The molecular weight excluding hydrogens is 512 g/mol. The summed E-state index contributed by atoms with van der Waals surface area (Å²) in [6.07, 6.45) is 0. The first kappa shape index (κ1) is 15.3. The largest absolute Gasteiger partial charge is 0.309 e. The van der Waals surface area contributed by atoms with Gasteiger partial charge in [0.05, 0.1) is 18.6 Å². The Bertz CT molecular complexity index is 573. The van der Waals surface area contributed by atoms with Gasteiger partial charge in [-0.15, -0.1) is 11.3 Å². The van der Waals surface area contributed by atoms with Crippen molar-refractivity contribution in [3.05, 3.63) is 51.6 Å². The lowest BCUT2D eigenvalue weighted by Crippen LogP contribution is -2.17. The van der Waals surface area contributed by atoms with Gasteiger partial charge >= 0.3 is 0 Å². The van der Waals surface area contributed by atoms with Crippen LogP contribution >= 0.6 is 77.4 Å². The van der Waals surface area contributed by atoms with Crippen LogP contribution in [0.15, 0.2) is 31.8 Å². The van der Waals surface area contributed by atoms with Crippen molar-refractivity contribution in [2.24, 2.45) is 0 Å². The molecule has 1 heterocycles.